The van der Waals surface area contributed by atoms with E-state index in [9.17, 15) is 4.79 Å². The molecule has 6 heteroatoms. The Morgan fingerprint density at radius 2 is 2.48 bits per heavy atom. The third-order valence-corrected chi connectivity index (χ3v) is 4.64. The van der Waals surface area contributed by atoms with E-state index in [2.05, 4.69) is 9.88 Å². The van der Waals surface area contributed by atoms with Gasteiger partial charge < -0.3 is 9.15 Å². The number of rotatable bonds is 4. The summed E-state index contributed by atoms with van der Waals surface area (Å²) >= 11 is 1.56. The average molecular weight is 306 g/mol. The van der Waals surface area contributed by atoms with Gasteiger partial charge in [0.15, 0.2) is 10.8 Å². The number of methoxy groups -OCH3 is 1. The molecule has 0 aromatic carbocycles. The summed E-state index contributed by atoms with van der Waals surface area (Å²) in [6, 6.07) is 3.62. The van der Waals surface area contributed by atoms with E-state index in [0.29, 0.717) is 6.54 Å². The molecule has 0 aliphatic carbocycles. The number of thiazole rings is 1. The lowest BCUT2D eigenvalue weighted by Crippen LogP contribution is -2.44. The standard InChI is InChI=1S/C15H18N2O3S/c1-19-15(18)12-5-2-3-7-17(12)9-11-10-21-14(16-11)13-6-4-8-20-13/h4,6,8,10,12H,2-3,5,7,9H2,1H3. The van der Waals surface area contributed by atoms with Gasteiger partial charge in [-0.05, 0) is 31.5 Å². The summed E-state index contributed by atoms with van der Waals surface area (Å²) in [5.41, 5.74) is 0.974. The van der Waals surface area contributed by atoms with Crippen LogP contribution in [0, 0.1) is 0 Å². The summed E-state index contributed by atoms with van der Waals surface area (Å²) in [7, 11) is 1.45. The van der Waals surface area contributed by atoms with E-state index in [1.165, 1.54) is 7.11 Å². The van der Waals surface area contributed by atoms with Crippen LogP contribution in [0.4, 0.5) is 0 Å². The number of piperidine rings is 1. The van der Waals surface area contributed by atoms with Crippen LogP contribution >= 0.6 is 11.3 Å². The van der Waals surface area contributed by atoms with Crippen LogP contribution < -0.4 is 0 Å². The highest BCUT2D eigenvalue weighted by Crippen LogP contribution is 2.26. The molecule has 112 valence electrons. The quantitative estimate of drug-likeness (QED) is 0.813. The van der Waals surface area contributed by atoms with Gasteiger partial charge in [-0.15, -0.1) is 11.3 Å². The van der Waals surface area contributed by atoms with Crippen LogP contribution in [0.2, 0.25) is 0 Å². The van der Waals surface area contributed by atoms with Crippen molar-refractivity contribution in [3.05, 3.63) is 29.5 Å². The second-order valence-corrected chi connectivity index (χ2v) is 5.98. The summed E-state index contributed by atoms with van der Waals surface area (Å²) in [5, 5.41) is 2.91. The van der Waals surface area contributed by atoms with E-state index >= 15 is 0 Å². The van der Waals surface area contributed by atoms with Gasteiger partial charge in [-0.2, -0.15) is 0 Å². The molecule has 0 radical (unpaired) electrons. The van der Waals surface area contributed by atoms with E-state index in [4.69, 9.17) is 9.15 Å². The molecule has 1 saturated heterocycles. The number of nitrogens with zero attached hydrogens (tertiary/aromatic N) is 2. The Labute approximate surface area is 127 Å². The summed E-state index contributed by atoms with van der Waals surface area (Å²) < 4.78 is 10.3. The van der Waals surface area contributed by atoms with Gasteiger partial charge in [0, 0.05) is 11.9 Å². The SMILES string of the molecule is COC(=O)C1CCCCN1Cc1csc(-c2ccco2)n1. The highest BCUT2D eigenvalue weighted by molar-refractivity contribution is 7.13. The molecule has 2 aromatic rings. The Morgan fingerprint density at radius 1 is 1.57 bits per heavy atom. The van der Waals surface area contributed by atoms with Gasteiger partial charge in [0.1, 0.15) is 6.04 Å². The number of furan rings is 1. The predicted octanol–water partition coefficient (Wildman–Crippen LogP) is 2.93. The molecule has 0 spiro atoms. The minimum atomic E-state index is -0.142. The number of carbonyl (C=O) groups is 1. The zero-order chi connectivity index (χ0) is 14.7. The normalized spacial score (nSPS) is 19.6. The van der Waals surface area contributed by atoms with Crippen molar-refractivity contribution < 1.29 is 13.9 Å². The molecule has 1 aliphatic rings. The monoisotopic (exact) mass is 306 g/mol. The van der Waals surface area contributed by atoms with Gasteiger partial charge in [-0.25, -0.2) is 4.98 Å². The van der Waals surface area contributed by atoms with Gasteiger partial charge in [-0.3, -0.25) is 9.69 Å². The zero-order valence-electron chi connectivity index (χ0n) is 11.9. The van der Waals surface area contributed by atoms with Gasteiger partial charge in [0.05, 0.1) is 19.1 Å². The topological polar surface area (TPSA) is 55.6 Å². The molecule has 3 rings (SSSR count). The van der Waals surface area contributed by atoms with Crippen molar-refractivity contribution >= 4 is 17.3 Å². The number of hydrogen-bond acceptors (Lipinski definition) is 6. The Hall–Kier alpha value is -1.66. The largest absolute Gasteiger partial charge is 0.468 e. The van der Waals surface area contributed by atoms with Crippen LogP contribution in [0.5, 0.6) is 0 Å². The van der Waals surface area contributed by atoms with Gasteiger partial charge in [0.2, 0.25) is 0 Å². The lowest BCUT2D eigenvalue weighted by atomic mass is 10.0. The lowest BCUT2D eigenvalue weighted by Gasteiger charge is -2.33. The first kappa shape index (κ1) is 14.3. The predicted molar refractivity (Wildman–Crippen MR) is 79.9 cm³/mol. The minimum absolute atomic E-state index is 0.141. The van der Waals surface area contributed by atoms with E-state index in [-0.39, 0.29) is 12.0 Å². The van der Waals surface area contributed by atoms with E-state index < -0.39 is 0 Å². The average Bonchev–Trinajstić information content (AvgIpc) is 3.18. The smallest absolute Gasteiger partial charge is 0.323 e. The maximum Gasteiger partial charge on any atom is 0.323 e. The Balaban J connectivity index is 1.71. The van der Waals surface area contributed by atoms with E-state index in [1.54, 1.807) is 17.6 Å². The van der Waals surface area contributed by atoms with Crippen LogP contribution in [0.25, 0.3) is 10.8 Å². The molecule has 3 heterocycles. The molecule has 21 heavy (non-hydrogen) atoms. The second kappa shape index (κ2) is 6.41. The maximum atomic E-state index is 11.9. The fourth-order valence-corrected chi connectivity index (χ4v) is 3.46. The summed E-state index contributed by atoms with van der Waals surface area (Å²) in [4.78, 5) is 18.6. The van der Waals surface area contributed by atoms with Crippen molar-refractivity contribution in [2.75, 3.05) is 13.7 Å². The number of carbonyl (C=O) groups excluding carboxylic acids is 1. The van der Waals surface area contributed by atoms with Gasteiger partial charge in [-0.1, -0.05) is 6.42 Å². The molecule has 1 unspecified atom stereocenters. The lowest BCUT2D eigenvalue weighted by molar-refractivity contribution is -0.148. The summed E-state index contributed by atoms with van der Waals surface area (Å²) in [5.74, 6) is 0.644. The second-order valence-electron chi connectivity index (χ2n) is 5.13. The Bertz CT molecular complexity index is 594. The minimum Gasteiger partial charge on any atom is -0.468 e. The van der Waals surface area contributed by atoms with Crippen LogP contribution in [-0.4, -0.2) is 35.5 Å². The highest BCUT2D eigenvalue weighted by atomic mass is 32.1. The Kier molecular flexibility index (Phi) is 4.36. The van der Waals surface area contributed by atoms with Crippen molar-refractivity contribution in [3.63, 3.8) is 0 Å². The van der Waals surface area contributed by atoms with Crippen molar-refractivity contribution in [1.29, 1.82) is 0 Å². The fraction of sp³-hybridized carbons (Fsp3) is 0.467. The van der Waals surface area contributed by atoms with Crippen LogP contribution in [0.3, 0.4) is 0 Å². The molecule has 0 N–H and O–H groups in total. The van der Waals surface area contributed by atoms with Crippen LogP contribution in [0.1, 0.15) is 25.0 Å². The van der Waals surface area contributed by atoms with Crippen LogP contribution in [0.15, 0.2) is 28.2 Å². The fourth-order valence-electron chi connectivity index (χ4n) is 2.68. The molecule has 5 nitrogen and oxygen atoms in total. The molecule has 0 amide bonds. The Morgan fingerprint density at radius 3 is 3.24 bits per heavy atom. The van der Waals surface area contributed by atoms with Crippen LogP contribution in [-0.2, 0) is 16.1 Å². The molecule has 0 bridgehead atoms. The molecule has 1 fully saturated rings. The zero-order valence-corrected chi connectivity index (χ0v) is 12.8. The van der Waals surface area contributed by atoms with Gasteiger partial charge in [0.25, 0.3) is 0 Å². The maximum absolute atomic E-state index is 11.9. The van der Waals surface area contributed by atoms with Crippen molar-refractivity contribution in [3.8, 4) is 10.8 Å². The first-order chi connectivity index (χ1) is 10.3. The van der Waals surface area contributed by atoms with E-state index in [0.717, 1.165) is 42.3 Å². The number of hydrogen-bond donors (Lipinski definition) is 0. The number of esters is 1. The molecular formula is C15H18N2O3S. The third-order valence-electron chi connectivity index (χ3n) is 3.74. The molecule has 0 saturated carbocycles. The number of aromatic nitrogens is 1. The van der Waals surface area contributed by atoms with Crippen molar-refractivity contribution in [1.82, 2.24) is 9.88 Å². The third kappa shape index (κ3) is 3.16. The summed E-state index contributed by atoms with van der Waals surface area (Å²) in [6.45, 7) is 1.59. The number of ether oxygens (including phenoxy) is 1. The first-order valence-corrected chi connectivity index (χ1v) is 7.96. The number of likely N-dealkylation sites (tertiary alicyclic amines) is 1. The highest BCUT2D eigenvalue weighted by Gasteiger charge is 2.29. The molecule has 2 aromatic heterocycles. The molecule has 1 atom stereocenters. The molecular weight excluding hydrogens is 288 g/mol. The van der Waals surface area contributed by atoms with E-state index in [1.807, 2.05) is 17.5 Å². The summed E-state index contributed by atoms with van der Waals surface area (Å²) in [6.07, 6.45) is 4.70. The van der Waals surface area contributed by atoms with Gasteiger partial charge >= 0.3 is 5.97 Å². The van der Waals surface area contributed by atoms with Crippen molar-refractivity contribution in [2.24, 2.45) is 0 Å². The molecule has 1 aliphatic heterocycles. The van der Waals surface area contributed by atoms with Crippen molar-refractivity contribution in [2.45, 2.75) is 31.8 Å². The first-order valence-electron chi connectivity index (χ1n) is 7.08.